The molecule has 1 aromatic rings. The lowest BCUT2D eigenvalue weighted by molar-refractivity contribution is 0.0618. The molecule has 1 aromatic carbocycles. The van der Waals surface area contributed by atoms with E-state index in [1.54, 1.807) is 17.0 Å². The Morgan fingerprint density at radius 2 is 2.10 bits per heavy atom. The Balaban J connectivity index is 1.76. The Kier molecular flexibility index (Phi) is 5.42. The topological polar surface area (TPSA) is 38.8 Å². The highest BCUT2D eigenvalue weighted by atomic mass is 19.1. The first-order valence-corrected chi connectivity index (χ1v) is 7.38. The van der Waals surface area contributed by atoms with Crippen molar-refractivity contribution >= 4 is 6.09 Å². The SMILES string of the molecule is CC(C)COC(=O)N1CCC(Oc2cccc(F)c2)CC1. The fourth-order valence-electron chi connectivity index (χ4n) is 2.22. The largest absolute Gasteiger partial charge is 0.490 e. The van der Waals surface area contributed by atoms with Crippen molar-refractivity contribution in [2.24, 2.45) is 5.92 Å². The molecule has 116 valence electrons. The highest BCUT2D eigenvalue weighted by Crippen LogP contribution is 2.20. The molecule has 0 bridgehead atoms. The molecule has 0 radical (unpaired) electrons. The molecule has 5 heteroatoms. The van der Waals surface area contributed by atoms with E-state index in [9.17, 15) is 9.18 Å². The third kappa shape index (κ3) is 4.92. The van der Waals surface area contributed by atoms with Gasteiger partial charge in [-0.05, 0) is 18.1 Å². The summed E-state index contributed by atoms with van der Waals surface area (Å²) >= 11 is 0. The highest BCUT2D eigenvalue weighted by Gasteiger charge is 2.25. The molecule has 1 amide bonds. The number of benzene rings is 1. The fourth-order valence-corrected chi connectivity index (χ4v) is 2.22. The van der Waals surface area contributed by atoms with Gasteiger partial charge in [0.25, 0.3) is 0 Å². The summed E-state index contributed by atoms with van der Waals surface area (Å²) in [5.41, 5.74) is 0. The van der Waals surface area contributed by atoms with Gasteiger partial charge in [0, 0.05) is 32.0 Å². The summed E-state index contributed by atoms with van der Waals surface area (Å²) in [6, 6.07) is 6.14. The number of ether oxygens (including phenoxy) is 2. The van der Waals surface area contributed by atoms with Crippen LogP contribution >= 0.6 is 0 Å². The number of nitrogens with zero attached hydrogens (tertiary/aromatic N) is 1. The monoisotopic (exact) mass is 295 g/mol. The zero-order valence-corrected chi connectivity index (χ0v) is 12.5. The molecular formula is C16H22FNO3. The van der Waals surface area contributed by atoms with Gasteiger partial charge in [0.1, 0.15) is 17.7 Å². The summed E-state index contributed by atoms with van der Waals surface area (Å²) < 4.78 is 24.0. The van der Waals surface area contributed by atoms with Gasteiger partial charge in [-0.1, -0.05) is 19.9 Å². The zero-order chi connectivity index (χ0) is 15.2. The van der Waals surface area contributed by atoms with Gasteiger partial charge >= 0.3 is 6.09 Å². The first-order chi connectivity index (χ1) is 10.0. The summed E-state index contributed by atoms with van der Waals surface area (Å²) in [6.45, 7) is 5.67. The van der Waals surface area contributed by atoms with Gasteiger partial charge in [-0.3, -0.25) is 0 Å². The van der Waals surface area contributed by atoms with Crippen molar-refractivity contribution in [3.8, 4) is 5.75 Å². The first kappa shape index (κ1) is 15.6. The number of halogens is 1. The third-order valence-electron chi connectivity index (χ3n) is 3.34. The van der Waals surface area contributed by atoms with Crippen molar-refractivity contribution in [1.29, 1.82) is 0 Å². The summed E-state index contributed by atoms with van der Waals surface area (Å²) in [5.74, 6) is 0.570. The van der Waals surface area contributed by atoms with Crippen LogP contribution in [0.1, 0.15) is 26.7 Å². The molecule has 0 aliphatic carbocycles. The highest BCUT2D eigenvalue weighted by molar-refractivity contribution is 5.67. The maximum Gasteiger partial charge on any atom is 0.409 e. The molecule has 1 heterocycles. The van der Waals surface area contributed by atoms with E-state index in [2.05, 4.69) is 0 Å². The van der Waals surface area contributed by atoms with Crippen molar-refractivity contribution in [2.45, 2.75) is 32.8 Å². The maximum absolute atomic E-state index is 13.1. The molecule has 0 saturated carbocycles. The number of piperidine rings is 1. The minimum absolute atomic E-state index is 0.0148. The van der Waals surface area contributed by atoms with Gasteiger partial charge in [0.2, 0.25) is 0 Å². The second-order valence-corrected chi connectivity index (χ2v) is 5.73. The molecule has 0 aromatic heterocycles. The molecule has 1 aliphatic rings. The number of hydrogen-bond donors (Lipinski definition) is 0. The van der Waals surface area contributed by atoms with Gasteiger partial charge in [0.05, 0.1) is 6.61 Å². The molecule has 0 atom stereocenters. The Hall–Kier alpha value is -1.78. The Labute approximate surface area is 124 Å². The molecular weight excluding hydrogens is 273 g/mol. The van der Waals surface area contributed by atoms with Crippen molar-refractivity contribution in [3.05, 3.63) is 30.1 Å². The molecule has 1 fully saturated rings. The van der Waals surface area contributed by atoms with E-state index in [0.29, 0.717) is 31.4 Å². The van der Waals surface area contributed by atoms with Gasteiger partial charge in [-0.2, -0.15) is 0 Å². The smallest absolute Gasteiger partial charge is 0.409 e. The summed E-state index contributed by atoms with van der Waals surface area (Å²) in [4.78, 5) is 13.5. The van der Waals surface area contributed by atoms with Crippen molar-refractivity contribution in [3.63, 3.8) is 0 Å². The zero-order valence-electron chi connectivity index (χ0n) is 12.5. The van der Waals surface area contributed by atoms with Crippen LogP contribution in [-0.2, 0) is 4.74 Å². The van der Waals surface area contributed by atoms with Crippen molar-refractivity contribution in [1.82, 2.24) is 4.90 Å². The molecule has 0 N–H and O–H groups in total. The lowest BCUT2D eigenvalue weighted by Gasteiger charge is -2.31. The number of carbonyl (C=O) groups is 1. The van der Waals surface area contributed by atoms with Crippen LogP contribution in [0.3, 0.4) is 0 Å². The minimum atomic E-state index is -0.304. The summed E-state index contributed by atoms with van der Waals surface area (Å²) in [6.07, 6.45) is 1.22. The van der Waals surface area contributed by atoms with Crippen LogP contribution < -0.4 is 4.74 Å². The lowest BCUT2D eigenvalue weighted by atomic mass is 10.1. The number of hydrogen-bond acceptors (Lipinski definition) is 3. The predicted molar refractivity (Wildman–Crippen MR) is 77.8 cm³/mol. The molecule has 4 nitrogen and oxygen atoms in total. The first-order valence-electron chi connectivity index (χ1n) is 7.38. The maximum atomic E-state index is 13.1. The van der Waals surface area contributed by atoms with E-state index in [4.69, 9.17) is 9.47 Å². The van der Waals surface area contributed by atoms with Gasteiger partial charge in [-0.15, -0.1) is 0 Å². The number of rotatable bonds is 4. The predicted octanol–water partition coefficient (Wildman–Crippen LogP) is 3.46. The van der Waals surface area contributed by atoms with Crippen molar-refractivity contribution in [2.75, 3.05) is 19.7 Å². The summed E-state index contributed by atoms with van der Waals surface area (Å²) in [5, 5.41) is 0. The Bertz CT molecular complexity index is 470. The van der Waals surface area contributed by atoms with Crippen LogP contribution in [0.2, 0.25) is 0 Å². The molecule has 0 unspecified atom stereocenters. The molecule has 1 aliphatic heterocycles. The van der Waals surface area contributed by atoms with Crippen molar-refractivity contribution < 1.29 is 18.7 Å². The fraction of sp³-hybridized carbons (Fsp3) is 0.562. The lowest BCUT2D eigenvalue weighted by Crippen LogP contribution is -2.42. The van der Waals surface area contributed by atoms with Crippen LogP contribution in [0.5, 0.6) is 5.75 Å². The normalized spacial score (nSPS) is 16.1. The minimum Gasteiger partial charge on any atom is -0.490 e. The van der Waals surface area contributed by atoms with E-state index in [-0.39, 0.29) is 18.0 Å². The average molecular weight is 295 g/mol. The van der Waals surface area contributed by atoms with Crippen LogP contribution in [0.4, 0.5) is 9.18 Å². The van der Waals surface area contributed by atoms with Crippen LogP contribution in [-0.4, -0.2) is 36.8 Å². The number of carbonyl (C=O) groups excluding carboxylic acids is 1. The van der Waals surface area contributed by atoms with E-state index < -0.39 is 0 Å². The van der Waals surface area contributed by atoms with Gasteiger partial charge < -0.3 is 14.4 Å². The van der Waals surface area contributed by atoms with E-state index in [0.717, 1.165) is 12.8 Å². The van der Waals surface area contributed by atoms with E-state index in [1.165, 1.54) is 12.1 Å². The van der Waals surface area contributed by atoms with E-state index >= 15 is 0 Å². The summed E-state index contributed by atoms with van der Waals surface area (Å²) in [7, 11) is 0. The average Bonchev–Trinajstić information content (AvgIpc) is 2.45. The second kappa shape index (κ2) is 7.29. The molecule has 2 rings (SSSR count). The van der Waals surface area contributed by atoms with Gasteiger partial charge in [0.15, 0.2) is 0 Å². The Morgan fingerprint density at radius 1 is 1.38 bits per heavy atom. The van der Waals surface area contributed by atoms with Gasteiger partial charge in [-0.25, -0.2) is 9.18 Å². The van der Waals surface area contributed by atoms with E-state index in [1.807, 2.05) is 13.8 Å². The molecule has 1 saturated heterocycles. The standard InChI is InChI=1S/C16H22FNO3/c1-12(2)11-20-16(19)18-8-6-14(7-9-18)21-15-5-3-4-13(17)10-15/h3-5,10,12,14H,6-9,11H2,1-2H3. The second-order valence-electron chi connectivity index (χ2n) is 5.73. The number of amides is 1. The van der Waals surface area contributed by atoms with Crippen LogP contribution in [0.25, 0.3) is 0 Å². The van der Waals surface area contributed by atoms with Crippen LogP contribution in [0.15, 0.2) is 24.3 Å². The molecule has 0 spiro atoms. The third-order valence-corrected chi connectivity index (χ3v) is 3.34. The number of likely N-dealkylation sites (tertiary alicyclic amines) is 1. The quantitative estimate of drug-likeness (QED) is 0.854. The molecule has 21 heavy (non-hydrogen) atoms. The Morgan fingerprint density at radius 3 is 2.71 bits per heavy atom. The van der Waals surface area contributed by atoms with Crippen LogP contribution in [0, 0.1) is 11.7 Å².